The highest BCUT2D eigenvalue weighted by atomic mass is 19.1. The van der Waals surface area contributed by atoms with Crippen LogP contribution in [0.2, 0.25) is 0 Å². The van der Waals surface area contributed by atoms with Crippen LogP contribution in [-0.4, -0.2) is 23.9 Å². The molecule has 0 saturated heterocycles. The van der Waals surface area contributed by atoms with E-state index in [1.54, 1.807) is 37.1 Å². The van der Waals surface area contributed by atoms with E-state index in [0.29, 0.717) is 11.6 Å². The SMILES string of the molecule is Cc1cccc(C(=O)N(C)C2CC2)c1F. The molecule has 1 amide bonds. The molecule has 0 radical (unpaired) electrons. The third kappa shape index (κ3) is 1.87. The van der Waals surface area contributed by atoms with Crippen LogP contribution < -0.4 is 0 Å². The van der Waals surface area contributed by atoms with Crippen LogP contribution in [0.25, 0.3) is 0 Å². The van der Waals surface area contributed by atoms with Gasteiger partial charge in [0.15, 0.2) is 0 Å². The molecule has 0 spiro atoms. The second-order valence-corrected chi connectivity index (χ2v) is 4.08. The molecule has 1 fully saturated rings. The lowest BCUT2D eigenvalue weighted by molar-refractivity contribution is 0.0780. The van der Waals surface area contributed by atoms with Gasteiger partial charge in [0.25, 0.3) is 5.91 Å². The second-order valence-electron chi connectivity index (χ2n) is 4.08. The largest absolute Gasteiger partial charge is 0.339 e. The van der Waals surface area contributed by atoms with E-state index in [9.17, 15) is 9.18 Å². The Bertz CT molecular complexity index is 399. The second kappa shape index (κ2) is 3.65. The van der Waals surface area contributed by atoms with E-state index in [-0.39, 0.29) is 11.5 Å². The minimum absolute atomic E-state index is 0.185. The zero-order valence-electron chi connectivity index (χ0n) is 8.96. The van der Waals surface area contributed by atoms with E-state index in [2.05, 4.69) is 0 Å². The molecule has 3 heteroatoms. The predicted octanol–water partition coefficient (Wildman–Crippen LogP) is 2.37. The minimum Gasteiger partial charge on any atom is -0.339 e. The number of hydrogen-bond donors (Lipinski definition) is 0. The van der Waals surface area contributed by atoms with Gasteiger partial charge in [-0.2, -0.15) is 0 Å². The molecule has 0 unspecified atom stereocenters. The molecule has 0 aromatic heterocycles. The molecular weight excluding hydrogens is 193 g/mol. The van der Waals surface area contributed by atoms with Crippen molar-refractivity contribution in [3.05, 3.63) is 35.1 Å². The number of amides is 1. The first-order chi connectivity index (χ1) is 7.11. The Morgan fingerprint density at radius 2 is 2.13 bits per heavy atom. The van der Waals surface area contributed by atoms with Crippen LogP contribution in [0.15, 0.2) is 18.2 Å². The Morgan fingerprint density at radius 1 is 1.47 bits per heavy atom. The van der Waals surface area contributed by atoms with Crippen molar-refractivity contribution in [2.45, 2.75) is 25.8 Å². The first-order valence-electron chi connectivity index (χ1n) is 5.13. The first-order valence-corrected chi connectivity index (χ1v) is 5.13. The maximum Gasteiger partial charge on any atom is 0.256 e. The Hall–Kier alpha value is -1.38. The van der Waals surface area contributed by atoms with Crippen molar-refractivity contribution in [1.82, 2.24) is 4.90 Å². The van der Waals surface area contributed by atoms with Gasteiger partial charge in [0.1, 0.15) is 5.82 Å². The highest BCUT2D eigenvalue weighted by molar-refractivity contribution is 5.94. The average molecular weight is 207 g/mol. The molecule has 0 heterocycles. The van der Waals surface area contributed by atoms with Crippen LogP contribution in [0, 0.1) is 12.7 Å². The van der Waals surface area contributed by atoms with Gasteiger partial charge in [0.05, 0.1) is 5.56 Å². The number of halogens is 1. The van der Waals surface area contributed by atoms with Crippen molar-refractivity contribution in [1.29, 1.82) is 0 Å². The highest BCUT2D eigenvalue weighted by Gasteiger charge is 2.31. The zero-order valence-corrected chi connectivity index (χ0v) is 8.96. The summed E-state index contributed by atoms with van der Waals surface area (Å²) in [4.78, 5) is 13.5. The van der Waals surface area contributed by atoms with Crippen LogP contribution in [0.5, 0.6) is 0 Å². The summed E-state index contributed by atoms with van der Waals surface area (Å²) in [5.74, 6) is -0.603. The molecule has 2 rings (SSSR count). The number of aryl methyl sites for hydroxylation is 1. The van der Waals surface area contributed by atoms with Gasteiger partial charge in [0.2, 0.25) is 0 Å². The maximum atomic E-state index is 13.6. The summed E-state index contributed by atoms with van der Waals surface area (Å²) >= 11 is 0. The van der Waals surface area contributed by atoms with Crippen molar-refractivity contribution in [2.24, 2.45) is 0 Å². The molecule has 0 atom stereocenters. The van der Waals surface area contributed by atoms with Gasteiger partial charge in [-0.15, -0.1) is 0 Å². The topological polar surface area (TPSA) is 20.3 Å². The average Bonchev–Trinajstić information content (AvgIpc) is 3.03. The highest BCUT2D eigenvalue weighted by Crippen LogP contribution is 2.27. The van der Waals surface area contributed by atoms with Gasteiger partial charge < -0.3 is 4.90 Å². The molecule has 1 aliphatic carbocycles. The van der Waals surface area contributed by atoms with E-state index in [1.807, 2.05) is 0 Å². The maximum absolute atomic E-state index is 13.6. The molecule has 0 aliphatic heterocycles. The number of carbonyl (C=O) groups excluding carboxylic acids is 1. The number of benzene rings is 1. The fourth-order valence-electron chi connectivity index (χ4n) is 1.63. The molecule has 1 saturated carbocycles. The summed E-state index contributed by atoms with van der Waals surface area (Å²) < 4.78 is 13.6. The molecule has 0 N–H and O–H groups in total. The van der Waals surface area contributed by atoms with Gasteiger partial charge in [-0.1, -0.05) is 12.1 Å². The molecule has 1 aromatic carbocycles. The van der Waals surface area contributed by atoms with Gasteiger partial charge >= 0.3 is 0 Å². The monoisotopic (exact) mass is 207 g/mol. The summed E-state index contributed by atoms with van der Waals surface area (Å²) in [6, 6.07) is 5.25. The molecular formula is C12H14FNO. The lowest BCUT2D eigenvalue weighted by Gasteiger charge is -2.16. The van der Waals surface area contributed by atoms with Crippen molar-refractivity contribution in [3.63, 3.8) is 0 Å². The smallest absolute Gasteiger partial charge is 0.256 e. The third-order valence-corrected chi connectivity index (χ3v) is 2.84. The van der Waals surface area contributed by atoms with E-state index < -0.39 is 5.82 Å². The molecule has 1 aliphatic rings. The summed E-state index contributed by atoms with van der Waals surface area (Å²) in [6.07, 6.45) is 2.07. The van der Waals surface area contributed by atoms with Crippen LogP contribution >= 0.6 is 0 Å². The lowest BCUT2D eigenvalue weighted by atomic mass is 10.1. The normalized spacial score (nSPS) is 15.1. The van der Waals surface area contributed by atoms with Crippen molar-refractivity contribution in [3.8, 4) is 0 Å². The van der Waals surface area contributed by atoms with E-state index in [0.717, 1.165) is 12.8 Å². The Labute approximate surface area is 88.7 Å². The van der Waals surface area contributed by atoms with Crippen molar-refractivity contribution < 1.29 is 9.18 Å². The summed E-state index contributed by atoms with van der Waals surface area (Å²) in [6.45, 7) is 1.67. The third-order valence-electron chi connectivity index (χ3n) is 2.84. The van der Waals surface area contributed by atoms with Crippen LogP contribution in [0.3, 0.4) is 0 Å². The summed E-state index contributed by atoms with van der Waals surface area (Å²) in [5, 5.41) is 0. The lowest BCUT2D eigenvalue weighted by Crippen LogP contribution is -2.29. The summed E-state index contributed by atoms with van der Waals surface area (Å²) in [5.41, 5.74) is 0.703. The Kier molecular flexibility index (Phi) is 2.47. The molecule has 0 bridgehead atoms. The number of rotatable bonds is 2. The minimum atomic E-state index is -0.394. The van der Waals surface area contributed by atoms with E-state index in [4.69, 9.17) is 0 Å². The van der Waals surface area contributed by atoms with E-state index >= 15 is 0 Å². The van der Waals surface area contributed by atoms with Gasteiger partial charge in [-0.05, 0) is 31.4 Å². The number of carbonyl (C=O) groups is 1. The molecule has 80 valence electrons. The predicted molar refractivity (Wildman–Crippen MR) is 56.3 cm³/mol. The van der Waals surface area contributed by atoms with Crippen molar-refractivity contribution >= 4 is 5.91 Å². The number of nitrogens with zero attached hydrogens (tertiary/aromatic N) is 1. The Balaban J connectivity index is 2.28. The van der Waals surface area contributed by atoms with Gasteiger partial charge in [-0.25, -0.2) is 4.39 Å². The van der Waals surface area contributed by atoms with Crippen molar-refractivity contribution in [2.75, 3.05) is 7.05 Å². The van der Waals surface area contributed by atoms with Gasteiger partial charge in [0, 0.05) is 13.1 Å². The quantitative estimate of drug-likeness (QED) is 0.729. The first kappa shape index (κ1) is 10.1. The summed E-state index contributed by atoms with van der Waals surface area (Å²) in [7, 11) is 1.74. The molecule has 15 heavy (non-hydrogen) atoms. The van der Waals surface area contributed by atoms with Crippen LogP contribution in [0.1, 0.15) is 28.8 Å². The zero-order chi connectivity index (χ0) is 11.0. The molecule has 2 nitrogen and oxygen atoms in total. The standard InChI is InChI=1S/C12H14FNO/c1-8-4-3-5-10(11(8)13)12(15)14(2)9-6-7-9/h3-5,9H,6-7H2,1-2H3. The molecule has 1 aromatic rings. The fourth-order valence-corrected chi connectivity index (χ4v) is 1.63. The van der Waals surface area contributed by atoms with Gasteiger partial charge in [-0.3, -0.25) is 4.79 Å². The Morgan fingerprint density at radius 3 is 2.73 bits per heavy atom. The fraction of sp³-hybridized carbons (Fsp3) is 0.417. The number of hydrogen-bond acceptors (Lipinski definition) is 1. The van der Waals surface area contributed by atoms with Crippen LogP contribution in [0.4, 0.5) is 4.39 Å². The van der Waals surface area contributed by atoms with E-state index in [1.165, 1.54) is 0 Å². The van der Waals surface area contributed by atoms with Crippen LogP contribution in [-0.2, 0) is 0 Å².